The number of benzene rings is 2. The van der Waals surface area contributed by atoms with E-state index in [0.717, 1.165) is 12.0 Å². The Morgan fingerprint density at radius 2 is 1.65 bits per heavy atom. The minimum absolute atomic E-state index is 0.381. The molecule has 0 amide bonds. The monoisotopic (exact) mass is 313 g/mol. The number of hydrogen-bond donors (Lipinski definition) is 2. The number of aliphatic hydroxyl groups is 1. The lowest BCUT2D eigenvalue weighted by Gasteiger charge is -2.21. The van der Waals surface area contributed by atoms with Crippen LogP contribution in [0.25, 0.3) is 0 Å². The molecular formula is C19H23NO3. The molecule has 3 N–H and O–H groups in total. The number of ether oxygens (including phenoxy) is 1. The zero-order valence-electron chi connectivity index (χ0n) is 13.3. The normalized spacial score (nSPS) is 14.7. The lowest BCUT2D eigenvalue weighted by molar-refractivity contribution is -0.153. The molecule has 0 aliphatic rings. The molecule has 0 heterocycles. The Labute approximate surface area is 136 Å². The van der Waals surface area contributed by atoms with Crippen molar-refractivity contribution in [2.45, 2.75) is 38.0 Å². The SMILES string of the molecule is C[C@@H](O)[C@H](N)C(=O)OC(CCc1ccccc1)c1ccccc1. The molecular weight excluding hydrogens is 290 g/mol. The first-order valence-corrected chi connectivity index (χ1v) is 7.81. The molecule has 23 heavy (non-hydrogen) atoms. The van der Waals surface area contributed by atoms with Crippen molar-refractivity contribution < 1.29 is 14.6 Å². The van der Waals surface area contributed by atoms with E-state index in [1.807, 2.05) is 60.7 Å². The van der Waals surface area contributed by atoms with Crippen molar-refractivity contribution in [2.24, 2.45) is 5.73 Å². The maximum atomic E-state index is 12.1. The van der Waals surface area contributed by atoms with Gasteiger partial charge in [0.15, 0.2) is 0 Å². The van der Waals surface area contributed by atoms with E-state index in [0.29, 0.717) is 6.42 Å². The predicted octanol–water partition coefficient (Wildman–Crippen LogP) is 2.61. The number of carbonyl (C=O) groups excluding carboxylic acids is 1. The number of hydrogen-bond acceptors (Lipinski definition) is 4. The molecule has 4 nitrogen and oxygen atoms in total. The van der Waals surface area contributed by atoms with E-state index in [2.05, 4.69) is 0 Å². The highest BCUT2D eigenvalue weighted by Crippen LogP contribution is 2.24. The molecule has 1 unspecified atom stereocenters. The number of rotatable bonds is 7. The quantitative estimate of drug-likeness (QED) is 0.771. The van der Waals surface area contributed by atoms with Gasteiger partial charge in [-0.15, -0.1) is 0 Å². The third-order valence-electron chi connectivity index (χ3n) is 3.76. The summed E-state index contributed by atoms with van der Waals surface area (Å²) < 4.78 is 5.56. The van der Waals surface area contributed by atoms with Crippen molar-refractivity contribution in [2.75, 3.05) is 0 Å². The van der Waals surface area contributed by atoms with Gasteiger partial charge in [0.1, 0.15) is 12.1 Å². The van der Waals surface area contributed by atoms with Gasteiger partial charge in [0.25, 0.3) is 0 Å². The Hall–Kier alpha value is -2.17. The van der Waals surface area contributed by atoms with Gasteiger partial charge in [0, 0.05) is 0 Å². The molecule has 2 aromatic rings. The van der Waals surface area contributed by atoms with Crippen molar-refractivity contribution in [1.29, 1.82) is 0 Å². The van der Waals surface area contributed by atoms with Gasteiger partial charge in [0.2, 0.25) is 0 Å². The third-order valence-corrected chi connectivity index (χ3v) is 3.76. The molecule has 0 saturated heterocycles. The lowest BCUT2D eigenvalue weighted by atomic mass is 10.0. The molecule has 122 valence electrons. The van der Waals surface area contributed by atoms with Crippen LogP contribution in [-0.2, 0) is 16.0 Å². The van der Waals surface area contributed by atoms with Gasteiger partial charge >= 0.3 is 5.97 Å². The average molecular weight is 313 g/mol. The van der Waals surface area contributed by atoms with Gasteiger partial charge in [0.05, 0.1) is 6.10 Å². The topological polar surface area (TPSA) is 72.5 Å². The maximum Gasteiger partial charge on any atom is 0.326 e. The second-order valence-electron chi connectivity index (χ2n) is 5.63. The maximum absolute atomic E-state index is 12.1. The van der Waals surface area contributed by atoms with Crippen molar-refractivity contribution in [1.82, 2.24) is 0 Å². The summed E-state index contributed by atoms with van der Waals surface area (Å²) in [5, 5.41) is 9.46. The molecule has 2 aromatic carbocycles. The van der Waals surface area contributed by atoms with Crippen LogP contribution in [0.2, 0.25) is 0 Å². The van der Waals surface area contributed by atoms with Crippen LogP contribution in [0.1, 0.15) is 30.6 Å². The van der Waals surface area contributed by atoms with Gasteiger partial charge in [-0.3, -0.25) is 4.79 Å². The highest BCUT2D eigenvalue weighted by Gasteiger charge is 2.24. The van der Waals surface area contributed by atoms with E-state index < -0.39 is 18.1 Å². The number of nitrogens with two attached hydrogens (primary N) is 1. The molecule has 0 saturated carbocycles. The molecule has 0 aliphatic carbocycles. The first-order chi connectivity index (χ1) is 11.1. The first-order valence-electron chi connectivity index (χ1n) is 7.81. The van der Waals surface area contributed by atoms with Crippen LogP contribution < -0.4 is 5.73 Å². The van der Waals surface area contributed by atoms with Crippen LogP contribution in [0.15, 0.2) is 60.7 Å². The summed E-state index contributed by atoms with van der Waals surface area (Å²) in [5.74, 6) is -0.582. The Morgan fingerprint density at radius 1 is 1.09 bits per heavy atom. The summed E-state index contributed by atoms with van der Waals surface area (Å²) in [5.41, 5.74) is 7.78. The molecule has 2 rings (SSSR count). The van der Waals surface area contributed by atoms with Gasteiger partial charge < -0.3 is 15.6 Å². The number of aliphatic hydroxyl groups excluding tert-OH is 1. The van der Waals surface area contributed by atoms with Crippen molar-refractivity contribution in [3.63, 3.8) is 0 Å². The van der Waals surface area contributed by atoms with E-state index in [9.17, 15) is 9.90 Å². The summed E-state index contributed by atoms with van der Waals surface area (Å²) in [7, 11) is 0. The molecule has 3 atom stereocenters. The average Bonchev–Trinajstić information content (AvgIpc) is 2.59. The Kier molecular flexibility index (Phi) is 6.32. The standard InChI is InChI=1S/C19H23NO3/c1-14(21)18(20)19(22)23-17(16-10-6-3-7-11-16)13-12-15-8-4-2-5-9-15/h2-11,14,17-18,21H,12-13,20H2,1H3/t14-,17?,18+/m1/s1. The highest BCUT2D eigenvalue weighted by molar-refractivity contribution is 5.76. The zero-order chi connectivity index (χ0) is 16.7. The van der Waals surface area contributed by atoms with Crippen LogP contribution in [0.3, 0.4) is 0 Å². The van der Waals surface area contributed by atoms with E-state index >= 15 is 0 Å². The Morgan fingerprint density at radius 3 is 2.22 bits per heavy atom. The summed E-state index contributed by atoms with van der Waals surface area (Å²) in [6, 6.07) is 18.6. The summed E-state index contributed by atoms with van der Waals surface area (Å²) in [6.45, 7) is 1.48. The smallest absolute Gasteiger partial charge is 0.326 e. The van der Waals surface area contributed by atoms with E-state index in [1.54, 1.807) is 0 Å². The second kappa shape index (κ2) is 8.46. The van der Waals surface area contributed by atoms with Gasteiger partial charge in [-0.25, -0.2) is 0 Å². The largest absolute Gasteiger partial charge is 0.456 e. The fraction of sp³-hybridized carbons (Fsp3) is 0.316. The number of carbonyl (C=O) groups is 1. The van der Waals surface area contributed by atoms with Gasteiger partial charge in [-0.1, -0.05) is 60.7 Å². The fourth-order valence-electron chi connectivity index (χ4n) is 2.32. The van der Waals surface area contributed by atoms with Crippen LogP contribution in [0.5, 0.6) is 0 Å². The summed E-state index contributed by atoms with van der Waals surface area (Å²) in [4.78, 5) is 12.1. The molecule has 0 aliphatic heterocycles. The fourth-order valence-corrected chi connectivity index (χ4v) is 2.32. The number of esters is 1. The van der Waals surface area contributed by atoms with Crippen molar-refractivity contribution in [3.05, 3.63) is 71.8 Å². The second-order valence-corrected chi connectivity index (χ2v) is 5.63. The zero-order valence-corrected chi connectivity index (χ0v) is 13.3. The molecule has 0 fully saturated rings. The summed E-state index contributed by atoms with van der Waals surface area (Å²) in [6.07, 6.45) is 0.130. The van der Waals surface area contributed by atoms with Crippen LogP contribution in [0.4, 0.5) is 0 Å². The molecule has 0 radical (unpaired) electrons. The Balaban J connectivity index is 2.08. The van der Waals surface area contributed by atoms with E-state index in [4.69, 9.17) is 10.5 Å². The molecule has 0 aromatic heterocycles. The first kappa shape index (κ1) is 17.2. The molecule has 0 bridgehead atoms. The minimum Gasteiger partial charge on any atom is -0.456 e. The van der Waals surface area contributed by atoms with Crippen molar-refractivity contribution in [3.8, 4) is 0 Å². The third kappa shape index (κ3) is 5.20. The predicted molar refractivity (Wildman–Crippen MR) is 89.7 cm³/mol. The highest BCUT2D eigenvalue weighted by atomic mass is 16.5. The number of aryl methyl sites for hydroxylation is 1. The van der Waals surface area contributed by atoms with Gasteiger partial charge in [-0.2, -0.15) is 0 Å². The van der Waals surface area contributed by atoms with Gasteiger partial charge in [-0.05, 0) is 30.9 Å². The van der Waals surface area contributed by atoms with Crippen LogP contribution >= 0.6 is 0 Å². The minimum atomic E-state index is -1.03. The summed E-state index contributed by atoms with van der Waals surface area (Å²) >= 11 is 0. The molecule has 0 spiro atoms. The van der Waals surface area contributed by atoms with E-state index in [1.165, 1.54) is 12.5 Å². The van der Waals surface area contributed by atoms with Crippen LogP contribution in [-0.4, -0.2) is 23.2 Å². The molecule has 4 heteroatoms. The Bertz CT molecular complexity index is 599. The van der Waals surface area contributed by atoms with E-state index in [-0.39, 0.29) is 6.10 Å². The van der Waals surface area contributed by atoms with Crippen LogP contribution in [0, 0.1) is 0 Å². The lowest BCUT2D eigenvalue weighted by Crippen LogP contribution is -2.41. The van der Waals surface area contributed by atoms with Crippen molar-refractivity contribution >= 4 is 5.97 Å².